The predicted octanol–water partition coefficient (Wildman–Crippen LogP) is 3.24. The number of ether oxygens (including phenoxy) is 1. The molecular weight excluding hydrogens is 385 g/mol. The second kappa shape index (κ2) is 13.6. The first kappa shape index (κ1) is 19.7. The van der Waals surface area contributed by atoms with Gasteiger partial charge in [-0.25, -0.2) is 4.99 Å². The van der Waals surface area contributed by atoms with Gasteiger partial charge in [-0.15, -0.1) is 24.0 Å². The molecule has 0 spiro atoms. The second-order valence-electron chi connectivity index (χ2n) is 4.22. The van der Waals surface area contributed by atoms with Crippen LogP contribution in [0.15, 0.2) is 21.8 Å². The van der Waals surface area contributed by atoms with Crippen LogP contribution >= 0.6 is 35.3 Å². The average Bonchev–Trinajstić information content (AvgIpc) is 2.93. The number of thiophene rings is 1. The smallest absolute Gasteiger partial charge is 0.191 e. The van der Waals surface area contributed by atoms with Gasteiger partial charge in [0.05, 0.1) is 13.2 Å². The Hall–Kier alpha value is -0.340. The van der Waals surface area contributed by atoms with Gasteiger partial charge in [0.2, 0.25) is 0 Å². The first-order valence-electron chi connectivity index (χ1n) is 6.97. The van der Waals surface area contributed by atoms with Crippen LogP contribution in [0.3, 0.4) is 0 Å². The molecule has 1 aromatic heterocycles. The molecule has 0 aliphatic carbocycles. The number of hydrogen-bond donors (Lipinski definition) is 2. The van der Waals surface area contributed by atoms with Crippen LogP contribution in [0.2, 0.25) is 0 Å². The number of unbranched alkanes of at least 4 members (excludes halogenated alkanes) is 1. The molecule has 0 aliphatic rings. The van der Waals surface area contributed by atoms with Gasteiger partial charge in [0, 0.05) is 19.7 Å². The molecule has 0 amide bonds. The summed E-state index contributed by atoms with van der Waals surface area (Å²) in [6, 6.07) is 2.10. The van der Waals surface area contributed by atoms with E-state index < -0.39 is 0 Å². The highest BCUT2D eigenvalue weighted by Crippen LogP contribution is 2.06. The summed E-state index contributed by atoms with van der Waals surface area (Å²) in [7, 11) is 0. The minimum atomic E-state index is 0. The number of aliphatic imine (C=N–C) groups is 1. The minimum absolute atomic E-state index is 0. The van der Waals surface area contributed by atoms with Crippen molar-refractivity contribution in [3.05, 3.63) is 22.4 Å². The summed E-state index contributed by atoms with van der Waals surface area (Å²) in [5.74, 6) is 0.854. The summed E-state index contributed by atoms with van der Waals surface area (Å²) in [6.45, 7) is 8.19. The van der Waals surface area contributed by atoms with Gasteiger partial charge in [-0.3, -0.25) is 0 Å². The van der Waals surface area contributed by atoms with Gasteiger partial charge in [-0.05, 0) is 35.7 Å². The minimum Gasteiger partial charge on any atom is -0.380 e. The molecular formula is C14H26IN3OS. The Balaban J connectivity index is 0.00000361. The summed E-state index contributed by atoms with van der Waals surface area (Å²) in [5.41, 5.74) is 1.25. The Kier molecular flexibility index (Phi) is 13.4. The maximum absolute atomic E-state index is 5.51. The molecule has 0 unspecified atom stereocenters. The molecule has 116 valence electrons. The van der Waals surface area contributed by atoms with Crippen LogP contribution in [-0.4, -0.2) is 32.3 Å². The second-order valence-corrected chi connectivity index (χ2v) is 5.00. The largest absolute Gasteiger partial charge is 0.380 e. The van der Waals surface area contributed by atoms with Gasteiger partial charge in [-0.2, -0.15) is 11.3 Å². The fraction of sp³-hybridized carbons (Fsp3) is 0.643. The molecule has 0 saturated heterocycles. The van der Waals surface area contributed by atoms with E-state index in [0.717, 1.165) is 45.2 Å². The molecule has 6 heteroatoms. The van der Waals surface area contributed by atoms with Gasteiger partial charge in [0.25, 0.3) is 0 Å². The third-order valence-electron chi connectivity index (χ3n) is 2.53. The third kappa shape index (κ3) is 9.55. The third-order valence-corrected chi connectivity index (χ3v) is 3.26. The SMILES string of the molecule is CCCCOCCNC(=NCc1ccsc1)NCC.I. The van der Waals surface area contributed by atoms with E-state index in [4.69, 9.17) is 4.74 Å². The molecule has 0 fully saturated rings. The molecule has 1 rings (SSSR count). The van der Waals surface area contributed by atoms with Crippen molar-refractivity contribution in [2.45, 2.75) is 33.2 Å². The topological polar surface area (TPSA) is 45.6 Å². The Morgan fingerprint density at radius 3 is 2.80 bits per heavy atom. The Labute approximate surface area is 143 Å². The highest BCUT2D eigenvalue weighted by Gasteiger charge is 1.97. The number of nitrogens with zero attached hydrogens (tertiary/aromatic N) is 1. The molecule has 0 aliphatic heterocycles. The molecule has 0 bridgehead atoms. The average molecular weight is 411 g/mol. The monoisotopic (exact) mass is 411 g/mol. The lowest BCUT2D eigenvalue weighted by Gasteiger charge is -2.11. The Bertz CT molecular complexity index is 344. The van der Waals surface area contributed by atoms with E-state index in [1.165, 1.54) is 12.0 Å². The summed E-state index contributed by atoms with van der Waals surface area (Å²) in [5, 5.41) is 10.7. The van der Waals surface area contributed by atoms with Crippen molar-refractivity contribution in [3.63, 3.8) is 0 Å². The summed E-state index contributed by atoms with van der Waals surface area (Å²) in [6.07, 6.45) is 2.31. The van der Waals surface area contributed by atoms with Gasteiger partial charge in [0.15, 0.2) is 5.96 Å². The van der Waals surface area contributed by atoms with Crippen LogP contribution in [0.25, 0.3) is 0 Å². The van der Waals surface area contributed by atoms with Crippen molar-refractivity contribution in [3.8, 4) is 0 Å². The molecule has 1 heterocycles. The lowest BCUT2D eigenvalue weighted by molar-refractivity contribution is 0.136. The molecule has 0 radical (unpaired) electrons. The maximum atomic E-state index is 5.51. The first-order chi connectivity index (χ1) is 9.36. The lowest BCUT2D eigenvalue weighted by Crippen LogP contribution is -2.39. The fourth-order valence-corrected chi connectivity index (χ4v) is 2.14. The van der Waals surface area contributed by atoms with Crippen LogP contribution in [-0.2, 0) is 11.3 Å². The summed E-state index contributed by atoms with van der Waals surface area (Å²) < 4.78 is 5.51. The van der Waals surface area contributed by atoms with Crippen molar-refractivity contribution >= 4 is 41.3 Å². The predicted molar refractivity (Wildman–Crippen MR) is 98.3 cm³/mol. The van der Waals surface area contributed by atoms with Crippen molar-refractivity contribution in [1.82, 2.24) is 10.6 Å². The van der Waals surface area contributed by atoms with Gasteiger partial charge < -0.3 is 15.4 Å². The van der Waals surface area contributed by atoms with Crippen LogP contribution in [0.5, 0.6) is 0 Å². The van der Waals surface area contributed by atoms with Crippen LogP contribution < -0.4 is 10.6 Å². The molecule has 1 aromatic rings. The van der Waals surface area contributed by atoms with Gasteiger partial charge in [-0.1, -0.05) is 13.3 Å². The number of halogens is 1. The number of nitrogens with one attached hydrogen (secondary N) is 2. The Morgan fingerprint density at radius 2 is 2.15 bits per heavy atom. The molecule has 4 nitrogen and oxygen atoms in total. The van der Waals surface area contributed by atoms with E-state index in [1.807, 2.05) is 0 Å². The van der Waals surface area contributed by atoms with E-state index in [1.54, 1.807) is 11.3 Å². The van der Waals surface area contributed by atoms with E-state index in [0.29, 0.717) is 0 Å². The van der Waals surface area contributed by atoms with Crippen LogP contribution in [0.1, 0.15) is 32.3 Å². The lowest BCUT2D eigenvalue weighted by atomic mass is 10.3. The van der Waals surface area contributed by atoms with Crippen molar-refractivity contribution in [2.75, 3.05) is 26.3 Å². The van der Waals surface area contributed by atoms with Crippen LogP contribution in [0.4, 0.5) is 0 Å². The Morgan fingerprint density at radius 1 is 1.30 bits per heavy atom. The quantitative estimate of drug-likeness (QED) is 0.284. The molecule has 2 N–H and O–H groups in total. The number of guanidine groups is 1. The van der Waals surface area contributed by atoms with Crippen molar-refractivity contribution in [1.29, 1.82) is 0 Å². The normalized spacial score (nSPS) is 11.0. The van der Waals surface area contributed by atoms with E-state index >= 15 is 0 Å². The summed E-state index contributed by atoms with van der Waals surface area (Å²) >= 11 is 1.70. The van der Waals surface area contributed by atoms with E-state index in [9.17, 15) is 0 Å². The maximum Gasteiger partial charge on any atom is 0.191 e. The van der Waals surface area contributed by atoms with Crippen molar-refractivity contribution < 1.29 is 4.74 Å². The molecule has 0 saturated carbocycles. The highest BCUT2D eigenvalue weighted by molar-refractivity contribution is 14.0. The first-order valence-corrected chi connectivity index (χ1v) is 7.92. The standard InChI is InChI=1S/C14H25N3OS.HI/c1-3-5-8-18-9-7-16-14(15-4-2)17-11-13-6-10-19-12-13;/h6,10,12H,3-5,7-9,11H2,1-2H3,(H2,15,16,17);1H. The number of rotatable bonds is 9. The van der Waals surface area contributed by atoms with Gasteiger partial charge >= 0.3 is 0 Å². The number of hydrogen-bond acceptors (Lipinski definition) is 3. The molecule has 20 heavy (non-hydrogen) atoms. The van der Waals surface area contributed by atoms with Crippen molar-refractivity contribution in [2.24, 2.45) is 4.99 Å². The van der Waals surface area contributed by atoms with E-state index in [2.05, 4.69) is 46.3 Å². The fourth-order valence-electron chi connectivity index (χ4n) is 1.48. The van der Waals surface area contributed by atoms with Gasteiger partial charge in [0.1, 0.15) is 0 Å². The van der Waals surface area contributed by atoms with E-state index in [-0.39, 0.29) is 24.0 Å². The molecule has 0 atom stereocenters. The summed E-state index contributed by atoms with van der Waals surface area (Å²) in [4.78, 5) is 4.54. The zero-order valence-electron chi connectivity index (χ0n) is 12.4. The zero-order chi connectivity index (χ0) is 13.8. The highest BCUT2D eigenvalue weighted by atomic mass is 127. The molecule has 0 aromatic carbocycles. The zero-order valence-corrected chi connectivity index (χ0v) is 15.5. The van der Waals surface area contributed by atoms with Crippen LogP contribution in [0, 0.1) is 0 Å².